The Balaban J connectivity index is 2.63. The molecule has 1 aliphatic rings. The van der Waals surface area contributed by atoms with Crippen molar-refractivity contribution in [2.75, 3.05) is 26.4 Å². The van der Waals surface area contributed by atoms with Crippen molar-refractivity contribution in [2.45, 2.75) is 45.1 Å². The van der Waals surface area contributed by atoms with Gasteiger partial charge in [0.05, 0.1) is 0 Å². The molecule has 1 unspecified atom stereocenters. The third kappa shape index (κ3) is 2.95. The van der Waals surface area contributed by atoms with Crippen LogP contribution in [0.4, 0.5) is 0 Å². The molecule has 1 fully saturated rings. The third-order valence-corrected chi connectivity index (χ3v) is 4.18. The molecule has 0 aliphatic carbocycles. The lowest BCUT2D eigenvalue weighted by atomic mass is 9.78. The van der Waals surface area contributed by atoms with Crippen molar-refractivity contribution in [3.8, 4) is 6.07 Å². The predicted molar refractivity (Wildman–Crippen MR) is 91.8 cm³/mol. The van der Waals surface area contributed by atoms with E-state index in [2.05, 4.69) is 6.07 Å². The zero-order valence-corrected chi connectivity index (χ0v) is 15.8. The Morgan fingerprint density at radius 3 is 1.80 bits per heavy atom. The summed E-state index contributed by atoms with van der Waals surface area (Å²) in [5, 5.41) is 10.6. The quantitative estimate of drug-likeness (QED) is 0.619. The molecule has 138 valence electrons. The maximum atomic E-state index is 10.0. The van der Waals surface area contributed by atoms with Crippen LogP contribution in [0.5, 0.6) is 0 Å². The van der Waals surface area contributed by atoms with Gasteiger partial charge < -0.3 is 18.9 Å². The number of ether oxygens (including phenoxy) is 5. The molecule has 0 aromatic heterocycles. The normalized spacial score (nSPS) is 23.7. The number of rotatable bonds is 9. The third-order valence-electron chi connectivity index (χ3n) is 3.93. The van der Waals surface area contributed by atoms with Crippen molar-refractivity contribution < 1.29 is 23.7 Å². The van der Waals surface area contributed by atoms with Gasteiger partial charge in [0.2, 0.25) is 5.60 Å². The zero-order valence-electron chi connectivity index (χ0n) is 15.0. The summed E-state index contributed by atoms with van der Waals surface area (Å²) in [6, 6.07) is 8.99. The number of nitrogens with zero attached hydrogens (tertiary/aromatic N) is 1. The highest BCUT2D eigenvalue weighted by molar-refractivity contribution is 6.30. The van der Waals surface area contributed by atoms with Gasteiger partial charge in [0.15, 0.2) is 0 Å². The fourth-order valence-corrected chi connectivity index (χ4v) is 3.22. The highest BCUT2D eigenvalue weighted by Gasteiger charge is 2.83. The lowest BCUT2D eigenvalue weighted by Gasteiger charge is -2.62. The molecule has 0 spiro atoms. The fourth-order valence-electron chi connectivity index (χ4n) is 3.10. The van der Waals surface area contributed by atoms with Crippen LogP contribution in [-0.2, 0) is 29.3 Å². The van der Waals surface area contributed by atoms with Crippen LogP contribution in [0.2, 0.25) is 5.02 Å². The van der Waals surface area contributed by atoms with Gasteiger partial charge in [0, 0.05) is 37.0 Å². The van der Waals surface area contributed by atoms with Crippen LogP contribution in [0.15, 0.2) is 24.3 Å². The molecule has 1 aromatic rings. The van der Waals surface area contributed by atoms with Crippen molar-refractivity contribution >= 4 is 11.6 Å². The van der Waals surface area contributed by atoms with E-state index in [-0.39, 0.29) is 13.2 Å². The first-order valence-electron chi connectivity index (χ1n) is 8.44. The van der Waals surface area contributed by atoms with Crippen molar-refractivity contribution in [2.24, 2.45) is 0 Å². The summed E-state index contributed by atoms with van der Waals surface area (Å²) in [5.74, 6) is -3.20. The van der Waals surface area contributed by atoms with Crippen LogP contribution in [0.1, 0.15) is 33.3 Å². The monoisotopic (exact) mass is 369 g/mol. The van der Waals surface area contributed by atoms with E-state index in [0.717, 1.165) is 0 Å². The molecular weight excluding hydrogens is 346 g/mol. The lowest BCUT2D eigenvalue weighted by molar-refractivity contribution is -0.617. The van der Waals surface area contributed by atoms with E-state index in [1.54, 1.807) is 38.1 Å². The average molecular weight is 370 g/mol. The number of nitriles is 1. The van der Waals surface area contributed by atoms with Gasteiger partial charge in [-0.3, -0.25) is 4.74 Å². The summed E-state index contributed by atoms with van der Waals surface area (Å²) >= 11 is 5.98. The molecule has 6 nitrogen and oxygen atoms in total. The maximum Gasteiger partial charge on any atom is 0.347 e. The van der Waals surface area contributed by atoms with E-state index in [9.17, 15) is 5.26 Å². The molecule has 7 heteroatoms. The van der Waals surface area contributed by atoms with Crippen LogP contribution < -0.4 is 0 Å². The Bertz CT molecular complexity index is 603. The molecule has 2 rings (SSSR count). The number of halogens is 1. The van der Waals surface area contributed by atoms with Crippen LogP contribution >= 0.6 is 11.6 Å². The van der Waals surface area contributed by atoms with Crippen molar-refractivity contribution in [3.63, 3.8) is 0 Å². The maximum absolute atomic E-state index is 10.0. The van der Waals surface area contributed by atoms with Gasteiger partial charge in [0.1, 0.15) is 6.07 Å². The summed E-state index contributed by atoms with van der Waals surface area (Å²) in [6.45, 7) is 8.39. The van der Waals surface area contributed by atoms with E-state index < -0.39 is 17.4 Å². The molecular formula is C18H24ClNO5. The van der Waals surface area contributed by atoms with E-state index in [1.807, 2.05) is 13.8 Å². The standard InChI is InChI=1S/C18H24ClNO5/c1-5-21-17(22-6-2)16(13-20,14-9-11-15(19)12-10-14)25-18(17,23-7-3)24-8-4/h9-12H,5-8H2,1-4H3. The SMILES string of the molecule is CCOC1(OCC)OC(C#N)(c2ccc(Cl)cc2)C1(OCC)OCC. The van der Waals surface area contributed by atoms with Gasteiger partial charge in [-0.1, -0.05) is 23.7 Å². The van der Waals surface area contributed by atoms with Gasteiger partial charge in [0.25, 0.3) is 0 Å². The second-order valence-electron chi connectivity index (χ2n) is 5.31. The molecule has 1 aliphatic heterocycles. The summed E-state index contributed by atoms with van der Waals surface area (Å²) in [6.07, 6.45) is 0. The molecule has 0 N–H and O–H groups in total. The predicted octanol–water partition coefficient (Wildman–Crippen LogP) is 3.59. The highest BCUT2D eigenvalue weighted by atomic mass is 35.5. The minimum atomic E-state index is -1.63. The largest absolute Gasteiger partial charge is 0.347 e. The molecule has 1 atom stereocenters. The smallest absolute Gasteiger partial charge is 0.340 e. The lowest BCUT2D eigenvalue weighted by Crippen LogP contribution is -2.83. The van der Waals surface area contributed by atoms with E-state index in [0.29, 0.717) is 23.8 Å². The first-order valence-corrected chi connectivity index (χ1v) is 8.82. The van der Waals surface area contributed by atoms with Crippen LogP contribution in [0.3, 0.4) is 0 Å². The first kappa shape index (κ1) is 20.1. The van der Waals surface area contributed by atoms with E-state index in [4.69, 9.17) is 35.3 Å². The van der Waals surface area contributed by atoms with Gasteiger partial charge in [-0.2, -0.15) is 5.26 Å². The summed E-state index contributed by atoms with van der Waals surface area (Å²) in [5.41, 5.74) is -0.996. The van der Waals surface area contributed by atoms with E-state index >= 15 is 0 Å². The van der Waals surface area contributed by atoms with Crippen LogP contribution in [-0.4, -0.2) is 38.2 Å². The number of benzene rings is 1. The minimum Gasteiger partial charge on any atom is -0.340 e. The van der Waals surface area contributed by atoms with Crippen molar-refractivity contribution in [1.29, 1.82) is 5.26 Å². The van der Waals surface area contributed by atoms with Crippen LogP contribution in [0.25, 0.3) is 0 Å². The van der Waals surface area contributed by atoms with Gasteiger partial charge in [-0.05, 0) is 39.8 Å². The van der Waals surface area contributed by atoms with Crippen LogP contribution in [0, 0.1) is 11.3 Å². The Labute approximate surface area is 153 Å². The molecule has 0 saturated carbocycles. The van der Waals surface area contributed by atoms with Crippen molar-refractivity contribution in [3.05, 3.63) is 34.9 Å². The second kappa shape index (κ2) is 8.00. The molecule has 1 aromatic carbocycles. The molecule has 0 amide bonds. The highest BCUT2D eigenvalue weighted by Crippen LogP contribution is 2.60. The van der Waals surface area contributed by atoms with Gasteiger partial charge >= 0.3 is 11.8 Å². The Morgan fingerprint density at radius 2 is 1.40 bits per heavy atom. The molecule has 0 bridgehead atoms. The average Bonchev–Trinajstić information content (AvgIpc) is 2.60. The van der Waals surface area contributed by atoms with Gasteiger partial charge in [-0.15, -0.1) is 0 Å². The number of hydrogen-bond donors (Lipinski definition) is 0. The summed E-state index contributed by atoms with van der Waals surface area (Å²) in [7, 11) is 0. The molecule has 25 heavy (non-hydrogen) atoms. The minimum absolute atomic E-state index is 0.280. The Morgan fingerprint density at radius 1 is 0.920 bits per heavy atom. The summed E-state index contributed by atoms with van der Waals surface area (Å²) in [4.78, 5) is 0. The fraction of sp³-hybridized carbons (Fsp3) is 0.611. The summed E-state index contributed by atoms with van der Waals surface area (Å²) < 4.78 is 29.4. The number of hydrogen-bond acceptors (Lipinski definition) is 6. The Hall–Kier alpha value is -1.20. The topological polar surface area (TPSA) is 69.9 Å². The van der Waals surface area contributed by atoms with E-state index in [1.165, 1.54) is 0 Å². The molecule has 1 heterocycles. The van der Waals surface area contributed by atoms with Crippen molar-refractivity contribution in [1.82, 2.24) is 0 Å². The Kier molecular flexibility index (Phi) is 6.44. The molecule has 1 saturated heterocycles. The zero-order chi connectivity index (χ0) is 18.6. The first-order chi connectivity index (χ1) is 12.0. The second-order valence-corrected chi connectivity index (χ2v) is 5.74. The molecule has 0 radical (unpaired) electrons. The van der Waals surface area contributed by atoms with Gasteiger partial charge in [-0.25, -0.2) is 0 Å².